The number of benzene rings is 1. The van der Waals surface area contributed by atoms with Crippen LogP contribution in [0.5, 0.6) is 11.5 Å². The smallest absolute Gasteiger partial charge is 0.228 e. The third-order valence-corrected chi connectivity index (χ3v) is 4.12. The Morgan fingerprint density at radius 3 is 2.76 bits per heavy atom. The van der Waals surface area contributed by atoms with Crippen molar-refractivity contribution in [2.45, 2.75) is 20.3 Å². The van der Waals surface area contributed by atoms with E-state index in [0.717, 1.165) is 17.0 Å². The fourth-order valence-corrected chi connectivity index (χ4v) is 2.86. The molecule has 1 aromatic carbocycles. The van der Waals surface area contributed by atoms with Crippen molar-refractivity contribution in [1.29, 1.82) is 0 Å². The maximum Gasteiger partial charge on any atom is 0.228 e. The zero-order valence-electron chi connectivity index (χ0n) is 15.0. The van der Waals surface area contributed by atoms with Gasteiger partial charge in [0.05, 0.1) is 32.9 Å². The van der Waals surface area contributed by atoms with Crippen LogP contribution in [0.25, 0.3) is 11.3 Å². The highest BCUT2D eigenvalue weighted by atomic mass is 32.1. The predicted octanol–water partition coefficient (Wildman–Crippen LogP) is 3.83. The summed E-state index contributed by atoms with van der Waals surface area (Å²) in [4.78, 5) is 16.4. The molecule has 0 bridgehead atoms. The Morgan fingerprint density at radius 2 is 2.08 bits per heavy atom. The highest BCUT2D eigenvalue weighted by Crippen LogP contribution is 2.34. The Labute approximate surface area is 152 Å². The second-order valence-electron chi connectivity index (χ2n) is 5.87. The van der Waals surface area contributed by atoms with E-state index in [0.29, 0.717) is 36.4 Å². The lowest BCUT2D eigenvalue weighted by molar-refractivity contribution is -0.117. The van der Waals surface area contributed by atoms with Crippen LogP contribution in [0.2, 0.25) is 0 Å². The molecule has 0 radical (unpaired) electrons. The third kappa shape index (κ3) is 5.72. The molecular formula is C18H24N2O4S. The maximum atomic E-state index is 12.0. The summed E-state index contributed by atoms with van der Waals surface area (Å²) in [5.41, 5.74) is 1.55. The van der Waals surface area contributed by atoms with Crippen LogP contribution in [0.4, 0.5) is 5.13 Å². The number of nitrogens with zero attached hydrogens (tertiary/aromatic N) is 1. The molecule has 2 rings (SSSR count). The summed E-state index contributed by atoms with van der Waals surface area (Å²) in [5.74, 6) is 1.77. The molecule has 0 spiro atoms. The van der Waals surface area contributed by atoms with E-state index in [-0.39, 0.29) is 5.91 Å². The quantitative estimate of drug-likeness (QED) is 0.685. The topological polar surface area (TPSA) is 69.7 Å². The summed E-state index contributed by atoms with van der Waals surface area (Å²) < 4.78 is 16.1. The number of hydrogen-bond donors (Lipinski definition) is 1. The Kier molecular flexibility index (Phi) is 7.21. The number of carbonyl (C=O) groups excluding carboxylic acids is 1. The molecule has 1 aromatic heterocycles. The molecule has 7 heteroatoms. The fourth-order valence-electron chi connectivity index (χ4n) is 2.13. The van der Waals surface area contributed by atoms with Crippen LogP contribution >= 0.6 is 11.3 Å². The molecule has 0 atom stereocenters. The minimum absolute atomic E-state index is 0.109. The average molecular weight is 364 g/mol. The maximum absolute atomic E-state index is 12.0. The summed E-state index contributed by atoms with van der Waals surface area (Å²) in [6.07, 6.45) is 0.310. The first-order valence-electron chi connectivity index (χ1n) is 8.09. The van der Waals surface area contributed by atoms with Gasteiger partial charge in [-0.05, 0) is 24.1 Å². The van der Waals surface area contributed by atoms with Gasteiger partial charge in [-0.2, -0.15) is 0 Å². The van der Waals surface area contributed by atoms with Crippen molar-refractivity contribution in [3.8, 4) is 22.8 Å². The van der Waals surface area contributed by atoms with Crippen molar-refractivity contribution in [2.75, 3.05) is 32.8 Å². The van der Waals surface area contributed by atoms with E-state index in [4.69, 9.17) is 14.2 Å². The van der Waals surface area contributed by atoms with Crippen LogP contribution in [0.1, 0.15) is 20.3 Å². The van der Waals surface area contributed by atoms with Gasteiger partial charge in [0.15, 0.2) is 5.13 Å². The zero-order chi connectivity index (χ0) is 18.2. The molecule has 0 aliphatic heterocycles. The second-order valence-corrected chi connectivity index (χ2v) is 6.73. The van der Waals surface area contributed by atoms with Gasteiger partial charge in [-0.3, -0.25) is 4.79 Å². The van der Waals surface area contributed by atoms with Crippen molar-refractivity contribution in [3.05, 3.63) is 23.6 Å². The van der Waals surface area contributed by atoms with Crippen molar-refractivity contribution in [2.24, 2.45) is 5.92 Å². The Hall–Kier alpha value is -2.12. The number of amides is 1. The van der Waals surface area contributed by atoms with Crippen molar-refractivity contribution in [3.63, 3.8) is 0 Å². The minimum atomic E-state index is -0.109. The second kappa shape index (κ2) is 9.39. The van der Waals surface area contributed by atoms with Crippen LogP contribution < -0.4 is 14.8 Å². The van der Waals surface area contributed by atoms with Gasteiger partial charge in [0.2, 0.25) is 5.91 Å². The normalized spacial score (nSPS) is 10.8. The number of carbonyl (C=O) groups is 1. The molecule has 6 nitrogen and oxygen atoms in total. The molecule has 1 heterocycles. The van der Waals surface area contributed by atoms with E-state index in [9.17, 15) is 4.79 Å². The van der Waals surface area contributed by atoms with Crippen molar-refractivity contribution in [1.82, 2.24) is 4.98 Å². The summed E-state index contributed by atoms with van der Waals surface area (Å²) in [6.45, 7) is 5.21. The van der Waals surface area contributed by atoms with Gasteiger partial charge in [-0.1, -0.05) is 13.8 Å². The van der Waals surface area contributed by atoms with Gasteiger partial charge in [0.25, 0.3) is 0 Å². The molecular weight excluding hydrogens is 340 g/mol. The van der Waals surface area contributed by atoms with Gasteiger partial charge in [-0.15, -0.1) is 11.3 Å². The highest BCUT2D eigenvalue weighted by Gasteiger charge is 2.13. The first-order valence-corrected chi connectivity index (χ1v) is 8.97. The van der Waals surface area contributed by atoms with E-state index in [2.05, 4.69) is 24.1 Å². The van der Waals surface area contributed by atoms with E-state index in [1.165, 1.54) is 11.3 Å². The molecule has 25 heavy (non-hydrogen) atoms. The molecule has 0 aliphatic carbocycles. The fraction of sp³-hybridized carbons (Fsp3) is 0.444. The Balaban J connectivity index is 1.99. The monoisotopic (exact) mass is 364 g/mol. The summed E-state index contributed by atoms with van der Waals surface area (Å²) in [7, 11) is 3.22. The lowest BCUT2D eigenvalue weighted by Crippen LogP contribution is -2.15. The van der Waals surface area contributed by atoms with E-state index < -0.39 is 0 Å². The number of thiazole rings is 1. The molecule has 0 fully saturated rings. The average Bonchev–Trinajstić information content (AvgIpc) is 3.06. The summed E-state index contributed by atoms with van der Waals surface area (Å²) in [6, 6.07) is 5.52. The Bertz CT molecular complexity index is 700. The van der Waals surface area contributed by atoms with Crippen LogP contribution in [0.15, 0.2) is 23.6 Å². The highest BCUT2D eigenvalue weighted by molar-refractivity contribution is 7.14. The van der Waals surface area contributed by atoms with Crippen LogP contribution in [-0.2, 0) is 9.53 Å². The van der Waals surface area contributed by atoms with E-state index in [1.54, 1.807) is 14.2 Å². The third-order valence-electron chi connectivity index (χ3n) is 3.36. The van der Waals surface area contributed by atoms with E-state index >= 15 is 0 Å². The number of hydrogen-bond acceptors (Lipinski definition) is 6. The molecule has 0 saturated heterocycles. The Morgan fingerprint density at radius 1 is 1.28 bits per heavy atom. The molecule has 2 aromatic rings. The minimum Gasteiger partial charge on any atom is -0.497 e. The molecule has 1 amide bonds. The number of aromatic nitrogens is 1. The molecule has 1 N–H and O–H groups in total. The molecule has 0 aliphatic rings. The van der Waals surface area contributed by atoms with Crippen molar-refractivity contribution < 1.29 is 19.0 Å². The van der Waals surface area contributed by atoms with Gasteiger partial charge in [0, 0.05) is 17.6 Å². The standard InChI is InChI=1S/C18H24N2O4S/c1-12(2)10-24-8-7-17(21)20-18-19-15(11-25-18)14-9-13(22-3)5-6-16(14)23-4/h5-6,9,11-12H,7-8,10H2,1-4H3,(H,19,20,21). The number of anilines is 1. The summed E-state index contributed by atoms with van der Waals surface area (Å²) in [5, 5.41) is 5.23. The lowest BCUT2D eigenvalue weighted by atomic mass is 10.1. The van der Waals surface area contributed by atoms with Gasteiger partial charge < -0.3 is 19.5 Å². The molecule has 0 saturated carbocycles. The van der Waals surface area contributed by atoms with Crippen LogP contribution in [0.3, 0.4) is 0 Å². The predicted molar refractivity (Wildman–Crippen MR) is 99.6 cm³/mol. The van der Waals surface area contributed by atoms with Gasteiger partial charge in [-0.25, -0.2) is 4.98 Å². The first-order chi connectivity index (χ1) is 12.0. The number of nitrogens with one attached hydrogen (secondary N) is 1. The zero-order valence-corrected chi connectivity index (χ0v) is 15.8. The first kappa shape index (κ1) is 19.2. The lowest BCUT2D eigenvalue weighted by Gasteiger charge is -2.08. The SMILES string of the molecule is COc1ccc(OC)c(-c2csc(NC(=O)CCOCC(C)C)n2)c1. The molecule has 0 unspecified atom stereocenters. The van der Waals surface area contributed by atoms with Gasteiger partial charge in [0.1, 0.15) is 11.5 Å². The number of methoxy groups -OCH3 is 2. The number of ether oxygens (including phenoxy) is 3. The largest absolute Gasteiger partial charge is 0.497 e. The molecule has 136 valence electrons. The van der Waals surface area contributed by atoms with Crippen LogP contribution in [-0.4, -0.2) is 38.3 Å². The summed E-state index contributed by atoms with van der Waals surface area (Å²) >= 11 is 1.37. The van der Waals surface area contributed by atoms with E-state index in [1.807, 2.05) is 23.6 Å². The van der Waals surface area contributed by atoms with Gasteiger partial charge >= 0.3 is 0 Å². The van der Waals surface area contributed by atoms with Crippen LogP contribution in [0, 0.1) is 5.92 Å². The van der Waals surface area contributed by atoms with Crippen molar-refractivity contribution >= 4 is 22.4 Å². The number of rotatable bonds is 9.